The Morgan fingerprint density at radius 1 is 1.08 bits per heavy atom. The number of benzene rings is 1. The Morgan fingerprint density at radius 3 is 2.56 bits per heavy atom. The number of aliphatic hydroxyl groups is 1. The molecule has 0 radical (unpaired) electrons. The van der Waals surface area contributed by atoms with E-state index in [1.54, 1.807) is 7.11 Å². The van der Waals surface area contributed by atoms with Crippen LogP contribution >= 0.6 is 12.4 Å². The van der Waals surface area contributed by atoms with E-state index >= 15 is 0 Å². The van der Waals surface area contributed by atoms with Crippen LogP contribution in [0.1, 0.15) is 31.2 Å². The molecule has 5 nitrogen and oxygen atoms in total. The van der Waals surface area contributed by atoms with Gasteiger partial charge in [0.1, 0.15) is 5.75 Å². The fourth-order valence-corrected chi connectivity index (χ4v) is 2.77. The van der Waals surface area contributed by atoms with Crippen LogP contribution in [0.4, 0.5) is 5.69 Å². The number of halogens is 1. The van der Waals surface area contributed by atoms with E-state index in [0.29, 0.717) is 6.54 Å². The number of anilines is 1. The van der Waals surface area contributed by atoms with E-state index < -0.39 is 0 Å². The second-order valence-corrected chi connectivity index (χ2v) is 6.01. The van der Waals surface area contributed by atoms with Gasteiger partial charge in [0.2, 0.25) is 0 Å². The van der Waals surface area contributed by atoms with Crippen LogP contribution in [0.2, 0.25) is 0 Å². The third-order valence-corrected chi connectivity index (χ3v) is 4.16. The lowest BCUT2D eigenvalue weighted by Gasteiger charge is -2.12. The standard InChI is InChI=1S/C19H29N3O2.ClH/c1-15-7-10-22-19-17(15)13-16(24-2)14-18(19)21-9-6-4-3-5-8-20-11-12-23;/h7,10,13-14,20-21,23H,3-6,8-9,11-12H2,1-2H3;1H. The van der Waals surface area contributed by atoms with Crippen LogP contribution in [0.3, 0.4) is 0 Å². The topological polar surface area (TPSA) is 66.4 Å². The minimum absolute atomic E-state index is 0. The normalized spacial score (nSPS) is 10.5. The van der Waals surface area contributed by atoms with E-state index in [4.69, 9.17) is 9.84 Å². The van der Waals surface area contributed by atoms with Gasteiger partial charge in [-0.25, -0.2) is 0 Å². The van der Waals surface area contributed by atoms with Crippen LogP contribution in [0.25, 0.3) is 10.9 Å². The number of hydrogen-bond acceptors (Lipinski definition) is 5. The highest BCUT2D eigenvalue weighted by molar-refractivity contribution is 5.93. The minimum atomic E-state index is 0. The number of aliphatic hydroxyl groups excluding tert-OH is 1. The zero-order chi connectivity index (χ0) is 17.2. The molecule has 0 amide bonds. The third-order valence-electron chi connectivity index (χ3n) is 4.16. The molecule has 6 heteroatoms. The Bertz CT molecular complexity index is 637. The Kier molecular flexibility index (Phi) is 10.2. The molecule has 2 aromatic rings. The predicted molar refractivity (Wildman–Crippen MR) is 107 cm³/mol. The summed E-state index contributed by atoms with van der Waals surface area (Å²) in [6, 6.07) is 6.09. The maximum atomic E-state index is 8.69. The first kappa shape index (κ1) is 21.5. The molecule has 25 heavy (non-hydrogen) atoms. The van der Waals surface area contributed by atoms with Crippen LogP contribution in [0, 0.1) is 6.92 Å². The Balaban J connectivity index is 0.00000312. The summed E-state index contributed by atoms with van der Waals surface area (Å²) in [4.78, 5) is 4.53. The van der Waals surface area contributed by atoms with Gasteiger partial charge in [-0.3, -0.25) is 4.98 Å². The van der Waals surface area contributed by atoms with E-state index in [1.165, 1.54) is 18.4 Å². The lowest BCUT2D eigenvalue weighted by Crippen LogP contribution is -2.19. The Morgan fingerprint density at radius 2 is 1.84 bits per heavy atom. The summed E-state index contributed by atoms with van der Waals surface area (Å²) in [6.07, 6.45) is 6.54. The first-order chi connectivity index (χ1) is 11.8. The molecule has 0 aliphatic rings. The summed E-state index contributed by atoms with van der Waals surface area (Å²) in [5, 5.41) is 16.5. The molecule has 0 aliphatic carbocycles. The molecule has 0 atom stereocenters. The molecule has 1 heterocycles. The van der Waals surface area contributed by atoms with Gasteiger partial charge in [0.15, 0.2) is 0 Å². The number of unbranched alkanes of at least 4 members (excludes halogenated alkanes) is 3. The molecule has 0 spiro atoms. The lowest BCUT2D eigenvalue weighted by molar-refractivity contribution is 0.292. The van der Waals surface area contributed by atoms with Gasteiger partial charge in [0.05, 0.1) is 24.9 Å². The van der Waals surface area contributed by atoms with Crippen LogP contribution in [0.5, 0.6) is 5.75 Å². The van der Waals surface area contributed by atoms with Crippen molar-refractivity contribution in [2.75, 3.05) is 38.7 Å². The number of fused-ring (bicyclic) bond motifs is 1. The molecular weight excluding hydrogens is 338 g/mol. The minimum Gasteiger partial charge on any atom is -0.497 e. The average molecular weight is 368 g/mol. The summed E-state index contributed by atoms with van der Waals surface area (Å²) in [7, 11) is 1.70. The van der Waals surface area contributed by atoms with E-state index in [-0.39, 0.29) is 19.0 Å². The zero-order valence-electron chi connectivity index (χ0n) is 15.2. The molecular formula is C19H30ClN3O2. The van der Waals surface area contributed by atoms with Crippen molar-refractivity contribution < 1.29 is 9.84 Å². The summed E-state index contributed by atoms with van der Waals surface area (Å²) in [5.41, 5.74) is 3.25. The molecule has 2 rings (SSSR count). The maximum absolute atomic E-state index is 8.69. The summed E-state index contributed by atoms with van der Waals surface area (Å²) >= 11 is 0. The van der Waals surface area contributed by atoms with E-state index in [0.717, 1.165) is 48.3 Å². The molecule has 1 aromatic heterocycles. The van der Waals surface area contributed by atoms with E-state index in [2.05, 4.69) is 22.5 Å². The van der Waals surface area contributed by atoms with E-state index in [9.17, 15) is 0 Å². The second kappa shape index (κ2) is 11.9. The van der Waals surface area contributed by atoms with Gasteiger partial charge in [-0.15, -0.1) is 12.4 Å². The van der Waals surface area contributed by atoms with Gasteiger partial charge in [-0.2, -0.15) is 0 Å². The molecule has 0 fully saturated rings. The molecule has 0 bridgehead atoms. The fourth-order valence-electron chi connectivity index (χ4n) is 2.77. The monoisotopic (exact) mass is 367 g/mol. The van der Waals surface area contributed by atoms with Crippen molar-refractivity contribution in [1.82, 2.24) is 10.3 Å². The van der Waals surface area contributed by atoms with Crippen LogP contribution in [-0.4, -0.2) is 43.4 Å². The highest BCUT2D eigenvalue weighted by Crippen LogP contribution is 2.29. The van der Waals surface area contributed by atoms with Crippen molar-refractivity contribution in [3.63, 3.8) is 0 Å². The molecule has 140 valence electrons. The fraction of sp³-hybridized carbons (Fsp3) is 0.526. The first-order valence-corrected chi connectivity index (χ1v) is 8.75. The summed E-state index contributed by atoms with van der Waals surface area (Å²) in [6.45, 7) is 4.92. The van der Waals surface area contributed by atoms with Crippen molar-refractivity contribution in [3.05, 3.63) is 30.0 Å². The van der Waals surface area contributed by atoms with Gasteiger partial charge < -0.3 is 20.5 Å². The molecule has 1 aromatic carbocycles. The number of hydrogen-bond donors (Lipinski definition) is 3. The van der Waals surface area contributed by atoms with Crippen molar-refractivity contribution >= 4 is 29.0 Å². The van der Waals surface area contributed by atoms with Gasteiger partial charge in [0.25, 0.3) is 0 Å². The van der Waals surface area contributed by atoms with Gasteiger partial charge in [-0.1, -0.05) is 12.8 Å². The number of pyridine rings is 1. The number of nitrogens with one attached hydrogen (secondary N) is 2. The quantitative estimate of drug-likeness (QED) is 0.530. The van der Waals surface area contributed by atoms with Gasteiger partial charge >= 0.3 is 0 Å². The van der Waals surface area contributed by atoms with Crippen molar-refractivity contribution in [1.29, 1.82) is 0 Å². The first-order valence-electron chi connectivity index (χ1n) is 8.75. The zero-order valence-corrected chi connectivity index (χ0v) is 16.0. The SMILES string of the molecule is COc1cc(NCCCCCCNCCO)c2nccc(C)c2c1.Cl. The van der Waals surface area contributed by atoms with Gasteiger partial charge in [-0.05, 0) is 44.0 Å². The summed E-state index contributed by atoms with van der Waals surface area (Å²) < 4.78 is 5.42. The highest BCUT2D eigenvalue weighted by atomic mass is 35.5. The largest absolute Gasteiger partial charge is 0.497 e. The number of rotatable bonds is 11. The number of aromatic nitrogens is 1. The number of nitrogens with zero attached hydrogens (tertiary/aromatic N) is 1. The molecule has 0 unspecified atom stereocenters. The van der Waals surface area contributed by atoms with Gasteiger partial charge in [0, 0.05) is 30.7 Å². The second-order valence-electron chi connectivity index (χ2n) is 6.01. The van der Waals surface area contributed by atoms with Crippen molar-refractivity contribution in [3.8, 4) is 5.75 Å². The van der Waals surface area contributed by atoms with Crippen molar-refractivity contribution in [2.24, 2.45) is 0 Å². The average Bonchev–Trinajstić information content (AvgIpc) is 2.60. The molecule has 0 aliphatic heterocycles. The predicted octanol–water partition coefficient (Wildman–Crippen LogP) is 3.53. The number of aryl methyl sites for hydroxylation is 1. The molecule has 0 saturated carbocycles. The number of methoxy groups -OCH3 is 1. The number of ether oxygens (including phenoxy) is 1. The van der Waals surface area contributed by atoms with Crippen molar-refractivity contribution in [2.45, 2.75) is 32.6 Å². The Hall–Kier alpha value is -1.56. The summed E-state index contributed by atoms with van der Waals surface area (Å²) in [5.74, 6) is 0.857. The third kappa shape index (κ3) is 6.69. The molecule has 0 saturated heterocycles. The van der Waals surface area contributed by atoms with Crippen LogP contribution < -0.4 is 15.4 Å². The molecule has 3 N–H and O–H groups in total. The van der Waals surface area contributed by atoms with Crippen LogP contribution in [0.15, 0.2) is 24.4 Å². The Labute approximate surface area is 156 Å². The lowest BCUT2D eigenvalue weighted by atomic mass is 10.1. The maximum Gasteiger partial charge on any atom is 0.121 e. The van der Waals surface area contributed by atoms with Crippen LogP contribution in [-0.2, 0) is 0 Å². The smallest absolute Gasteiger partial charge is 0.121 e. The van der Waals surface area contributed by atoms with E-state index in [1.807, 2.05) is 24.4 Å². The highest BCUT2D eigenvalue weighted by Gasteiger charge is 2.07.